The van der Waals surface area contributed by atoms with Crippen LogP contribution in [-0.2, 0) is 25.4 Å². The van der Waals surface area contributed by atoms with Gasteiger partial charge in [0, 0.05) is 32.1 Å². The van der Waals surface area contributed by atoms with Gasteiger partial charge in [-0.3, -0.25) is 18.7 Å². The smallest absolute Gasteiger partial charge is 0.332 e. The molecule has 9 nitrogen and oxygen atoms in total. The summed E-state index contributed by atoms with van der Waals surface area (Å²) in [4.78, 5) is 40.5. The molecule has 2 aromatic heterocycles. The van der Waals surface area contributed by atoms with Gasteiger partial charge in [0.05, 0.1) is 12.9 Å². The maximum atomic E-state index is 12.4. The Morgan fingerprint density at radius 1 is 1.24 bits per heavy atom. The summed E-state index contributed by atoms with van der Waals surface area (Å²) in [5.41, 5.74) is -0.138. The molecule has 1 amide bonds. The molecule has 0 aliphatic heterocycles. The molecule has 0 saturated heterocycles. The highest BCUT2D eigenvalue weighted by Gasteiger charge is 2.14. The van der Waals surface area contributed by atoms with E-state index in [9.17, 15) is 14.4 Å². The van der Waals surface area contributed by atoms with Crippen LogP contribution in [0.15, 0.2) is 40.2 Å². The third-order valence-electron chi connectivity index (χ3n) is 4.51. The number of hydrogen-bond donors (Lipinski definition) is 1. The second kappa shape index (κ2) is 8.95. The number of ether oxygens (including phenoxy) is 1. The molecule has 0 fully saturated rings. The van der Waals surface area contributed by atoms with E-state index in [4.69, 9.17) is 16.3 Å². The highest BCUT2D eigenvalue weighted by atomic mass is 35.5. The van der Waals surface area contributed by atoms with Gasteiger partial charge in [-0.1, -0.05) is 17.7 Å². The van der Waals surface area contributed by atoms with Crippen molar-refractivity contribution in [3.8, 4) is 5.75 Å². The van der Waals surface area contributed by atoms with Crippen molar-refractivity contribution in [1.29, 1.82) is 0 Å². The molecule has 3 rings (SSSR count). The minimum absolute atomic E-state index is 0.107. The van der Waals surface area contributed by atoms with Crippen molar-refractivity contribution < 1.29 is 9.53 Å². The van der Waals surface area contributed by atoms with Crippen LogP contribution in [0.1, 0.15) is 12.8 Å². The van der Waals surface area contributed by atoms with Crippen molar-refractivity contribution in [3.63, 3.8) is 0 Å². The molecule has 154 valence electrons. The van der Waals surface area contributed by atoms with Crippen LogP contribution in [0.25, 0.3) is 11.2 Å². The van der Waals surface area contributed by atoms with E-state index in [-0.39, 0.29) is 5.91 Å². The zero-order chi connectivity index (χ0) is 21.0. The second-order valence-corrected chi connectivity index (χ2v) is 7.01. The number of fused-ring (bicyclic) bond motifs is 1. The molecular formula is C19H22ClN5O4. The molecule has 0 spiro atoms. The number of hydrogen-bond acceptors (Lipinski definition) is 5. The molecule has 2 heterocycles. The van der Waals surface area contributed by atoms with Gasteiger partial charge in [-0.25, -0.2) is 9.78 Å². The summed E-state index contributed by atoms with van der Waals surface area (Å²) in [6.45, 7) is 1.15. The van der Waals surface area contributed by atoms with Crippen molar-refractivity contribution in [2.45, 2.75) is 19.4 Å². The van der Waals surface area contributed by atoms with Crippen molar-refractivity contribution >= 4 is 28.7 Å². The summed E-state index contributed by atoms with van der Waals surface area (Å²) >= 11 is 5.88. The standard InChI is InChI=1S/C19H22ClN5O4/c1-23-17-16(18(27)24(2)19(23)28)25(12-22-17)9-4-7-15(26)21-8-10-29-14-6-3-5-13(20)11-14/h3,5-6,11-12H,4,7-10H2,1-2H3,(H,21,26). The molecule has 1 N–H and O–H groups in total. The zero-order valence-corrected chi connectivity index (χ0v) is 17.0. The van der Waals surface area contributed by atoms with E-state index in [0.717, 1.165) is 4.57 Å². The highest BCUT2D eigenvalue weighted by molar-refractivity contribution is 6.30. The Hall–Kier alpha value is -3.07. The van der Waals surface area contributed by atoms with E-state index in [1.54, 1.807) is 35.9 Å². The number of carbonyl (C=O) groups excluding carboxylic acids is 1. The number of aromatic nitrogens is 4. The Morgan fingerprint density at radius 3 is 2.79 bits per heavy atom. The van der Waals surface area contributed by atoms with E-state index in [2.05, 4.69) is 10.3 Å². The average Bonchev–Trinajstić information content (AvgIpc) is 3.12. The first-order valence-electron chi connectivity index (χ1n) is 9.14. The Kier molecular flexibility index (Phi) is 6.38. The summed E-state index contributed by atoms with van der Waals surface area (Å²) < 4.78 is 9.57. The van der Waals surface area contributed by atoms with Crippen molar-refractivity contribution in [3.05, 3.63) is 56.5 Å². The summed E-state index contributed by atoms with van der Waals surface area (Å²) in [6, 6.07) is 7.05. The average molecular weight is 420 g/mol. The van der Waals surface area contributed by atoms with E-state index >= 15 is 0 Å². The van der Waals surface area contributed by atoms with Crippen molar-refractivity contribution in [2.24, 2.45) is 14.1 Å². The Morgan fingerprint density at radius 2 is 2.03 bits per heavy atom. The summed E-state index contributed by atoms with van der Waals surface area (Å²) in [6.07, 6.45) is 2.34. The monoisotopic (exact) mass is 419 g/mol. The molecule has 0 aliphatic rings. The van der Waals surface area contributed by atoms with E-state index in [1.165, 1.54) is 17.9 Å². The van der Waals surface area contributed by atoms with Gasteiger partial charge in [-0.05, 0) is 24.6 Å². The second-order valence-electron chi connectivity index (χ2n) is 6.58. The number of carbonyl (C=O) groups is 1. The highest BCUT2D eigenvalue weighted by Crippen LogP contribution is 2.16. The van der Waals surface area contributed by atoms with Crippen LogP contribution in [0.3, 0.4) is 0 Å². The van der Waals surface area contributed by atoms with E-state index < -0.39 is 11.2 Å². The summed E-state index contributed by atoms with van der Waals surface area (Å²) in [7, 11) is 3.00. The maximum absolute atomic E-state index is 12.4. The third kappa shape index (κ3) is 4.68. The minimum Gasteiger partial charge on any atom is -0.492 e. The van der Waals surface area contributed by atoms with Crippen LogP contribution in [0, 0.1) is 0 Å². The predicted molar refractivity (Wildman–Crippen MR) is 109 cm³/mol. The SMILES string of the molecule is Cn1c(=O)c2c(ncn2CCCC(=O)NCCOc2cccc(Cl)c2)n(C)c1=O. The van der Waals surface area contributed by atoms with Gasteiger partial charge in [0.25, 0.3) is 5.56 Å². The summed E-state index contributed by atoms with van der Waals surface area (Å²) in [5.74, 6) is 0.541. The largest absolute Gasteiger partial charge is 0.492 e. The minimum atomic E-state index is -0.424. The number of aryl methyl sites for hydroxylation is 2. The molecule has 0 saturated carbocycles. The van der Waals surface area contributed by atoms with Crippen LogP contribution in [-0.4, -0.2) is 37.7 Å². The van der Waals surface area contributed by atoms with Crippen LogP contribution in [0.2, 0.25) is 5.02 Å². The Balaban J connectivity index is 1.48. The fraction of sp³-hybridized carbons (Fsp3) is 0.368. The van der Waals surface area contributed by atoms with E-state index in [0.29, 0.717) is 54.5 Å². The quantitative estimate of drug-likeness (QED) is 0.550. The molecule has 10 heteroatoms. The van der Waals surface area contributed by atoms with Crippen LogP contribution < -0.4 is 21.3 Å². The van der Waals surface area contributed by atoms with Crippen LogP contribution >= 0.6 is 11.6 Å². The molecule has 29 heavy (non-hydrogen) atoms. The molecule has 1 aromatic carbocycles. The first-order chi connectivity index (χ1) is 13.9. The topological polar surface area (TPSA) is 100 Å². The summed E-state index contributed by atoms with van der Waals surface area (Å²) in [5, 5.41) is 3.38. The van der Waals surface area contributed by atoms with Crippen LogP contribution in [0.4, 0.5) is 0 Å². The zero-order valence-electron chi connectivity index (χ0n) is 16.2. The van der Waals surface area contributed by atoms with Crippen LogP contribution in [0.5, 0.6) is 5.75 Å². The first kappa shape index (κ1) is 20.7. The lowest BCUT2D eigenvalue weighted by molar-refractivity contribution is -0.121. The number of imidazole rings is 1. The number of halogens is 1. The number of nitrogens with one attached hydrogen (secondary N) is 1. The Labute approximate surface area is 171 Å². The molecule has 0 bridgehead atoms. The van der Waals surface area contributed by atoms with Gasteiger partial charge in [-0.15, -0.1) is 0 Å². The molecule has 0 atom stereocenters. The fourth-order valence-corrected chi connectivity index (χ4v) is 3.16. The van der Waals surface area contributed by atoms with Gasteiger partial charge in [0.2, 0.25) is 5.91 Å². The van der Waals surface area contributed by atoms with Gasteiger partial charge < -0.3 is 14.6 Å². The number of nitrogens with zero attached hydrogens (tertiary/aromatic N) is 4. The van der Waals surface area contributed by atoms with Crippen molar-refractivity contribution in [2.75, 3.05) is 13.2 Å². The Bertz CT molecular complexity index is 1150. The lowest BCUT2D eigenvalue weighted by Gasteiger charge is -2.09. The maximum Gasteiger partial charge on any atom is 0.332 e. The molecule has 0 unspecified atom stereocenters. The van der Waals surface area contributed by atoms with Crippen molar-refractivity contribution in [1.82, 2.24) is 24.0 Å². The number of rotatable bonds is 8. The normalized spacial score (nSPS) is 11.0. The van der Waals surface area contributed by atoms with Gasteiger partial charge in [0.15, 0.2) is 11.2 Å². The van der Waals surface area contributed by atoms with E-state index in [1.807, 2.05) is 0 Å². The van der Waals surface area contributed by atoms with Gasteiger partial charge >= 0.3 is 5.69 Å². The number of amides is 1. The van der Waals surface area contributed by atoms with Gasteiger partial charge in [0.1, 0.15) is 12.4 Å². The van der Waals surface area contributed by atoms with Gasteiger partial charge in [-0.2, -0.15) is 0 Å². The molecule has 3 aromatic rings. The number of benzene rings is 1. The molecule has 0 aliphatic carbocycles. The third-order valence-corrected chi connectivity index (χ3v) is 4.74. The fourth-order valence-electron chi connectivity index (χ4n) is 2.98. The molecule has 0 radical (unpaired) electrons. The molecular weight excluding hydrogens is 398 g/mol. The predicted octanol–water partition coefficient (Wildman–Crippen LogP) is 1.06. The lowest BCUT2D eigenvalue weighted by Crippen LogP contribution is -2.37. The first-order valence-corrected chi connectivity index (χ1v) is 9.52. The lowest BCUT2D eigenvalue weighted by atomic mass is 10.3.